The van der Waals surface area contributed by atoms with Gasteiger partial charge in [0.05, 0.1) is 17.0 Å². The molecule has 0 fully saturated rings. The predicted octanol–water partition coefficient (Wildman–Crippen LogP) is 0.883. The van der Waals surface area contributed by atoms with Crippen molar-refractivity contribution in [1.82, 2.24) is 29.7 Å². The van der Waals surface area contributed by atoms with E-state index < -0.39 is 0 Å². The van der Waals surface area contributed by atoms with E-state index in [-0.39, 0.29) is 0 Å². The van der Waals surface area contributed by atoms with E-state index in [0.717, 1.165) is 4.47 Å². The maximum atomic E-state index is 5.85. The van der Waals surface area contributed by atoms with Crippen LogP contribution in [0.15, 0.2) is 23.3 Å². The minimum atomic E-state index is 0.481. The molecule has 3 heterocycles. The molecule has 0 unspecified atom stereocenters. The molecule has 0 saturated heterocycles. The minimum absolute atomic E-state index is 0.481. The molecular weight excluding hydrogens is 274 g/mol. The largest absolute Gasteiger partial charge is 0.383 e. The summed E-state index contributed by atoms with van der Waals surface area (Å²) in [4.78, 5) is 15.2. The summed E-state index contributed by atoms with van der Waals surface area (Å²) in [6.07, 6.45) is 4.59. The first-order chi connectivity index (χ1) is 7.77. The van der Waals surface area contributed by atoms with E-state index in [1.807, 2.05) is 0 Å². The molecular formula is C8H6BrN7. The first kappa shape index (κ1) is 9.28. The Balaban J connectivity index is 2.33. The van der Waals surface area contributed by atoms with Crippen LogP contribution in [0.4, 0.5) is 5.82 Å². The zero-order valence-electron chi connectivity index (χ0n) is 7.92. The van der Waals surface area contributed by atoms with Crippen LogP contribution < -0.4 is 5.73 Å². The summed E-state index contributed by atoms with van der Waals surface area (Å²) in [5.74, 6) is 1.06. The van der Waals surface area contributed by atoms with Crippen molar-refractivity contribution in [1.29, 1.82) is 0 Å². The molecule has 3 aromatic heterocycles. The lowest BCUT2D eigenvalue weighted by molar-refractivity contribution is 0.858. The number of aromatic amines is 1. The van der Waals surface area contributed by atoms with Crippen molar-refractivity contribution in [3.63, 3.8) is 0 Å². The van der Waals surface area contributed by atoms with Crippen molar-refractivity contribution < 1.29 is 0 Å². The third kappa shape index (κ3) is 1.20. The number of rotatable bonds is 1. The molecule has 3 aromatic rings. The van der Waals surface area contributed by atoms with Crippen LogP contribution in [0.3, 0.4) is 0 Å². The van der Waals surface area contributed by atoms with Crippen molar-refractivity contribution in [3.05, 3.63) is 23.3 Å². The molecule has 8 heteroatoms. The molecule has 0 aliphatic rings. The van der Waals surface area contributed by atoms with E-state index in [4.69, 9.17) is 5.73 Å². The Morgan fingerprint density at radius 2 is 2.19 bits per heavy atom. The Kier molecular flexibility index (Phi) is 1.90. The van der Waals surface area contributed by atoms with Gasteiger partial charge in [-0.15, -0.1) is 0 Å². The average Bonchev–Trinajstić information content (AvgIpc) is 2.87. The molecule has 0 amide bonds. The van der Waals surface area contributed by atoms with Crippen LogP contribution in [0.2, 0.25) is 0 Å². The Labute approximate surface area is 97.9 Å². The van der Waals surface area contributed by atoms with E-state index in [1.54, 1.807) is 12.5 Å². The highest BCUT2D eigenvalue weighted by atomic mass is 79.9. The number of hydrogen-bond donors (Lipinski definition) is 2. The second-order valence-corrected chi connectivity index (χ2v) is 3.94. The van der Waals surface area contributed by atoms with E-state index >= 15 is 0 Å². The number of anilines is 1. The van der Waals surface area contributed by atoms with Gasteiger partial charge in [0.25, 0.3) is 0 Å². The highest BCUT2D eigenvalue weighted by Crippen LogP contribution is 2.23. The number of nitrogen functional groups attached to an aromatic ring is 1. The number of fused-ring (bicyclic) bond motifs is 1. The summed E-state index contributed by atoms with van der Waals surface area (Å²) in [6, 6.07) is 0. The van der Waals surface area contributed by atoms with Crippen LogP contribution in [0.5, 0.6) is 0 Å². The van der Waals surface area contributed by atoms with Gasteiger partial charge in [-0.2, -0.15) is 9.78 Å². The Morgan fingerprint density at radius 1 is 1.31 bits per heavy atom. The van der Waals surface area contributed by atoms with Gasteiger partial charge in [0.2, 0.25) is 0 Å². The third-order valence-electron chi connectivity index (χ3n) is 2.16. The van der Waals surface area contributed by atoms with Gasteiger partial charge in [0.15, 0.2) is 11.5 Å². The van der Waals surface area contributed by atoms with Crippen molar-refractivity contribution in [2.24, 2.45) is 0 Å². The maximum Gasteiger partial charge on any atom is 0.184 e. The third-order valence-corrected chi connectivity index (χ3v) is 2.77. The Bertz CT molecular complexity index is 655. The van der Waals surface area contributed by atoms with E-state index in [9.17, 15) is 0 Å². The SMILES string of the molecule is Nc1c(Br)cnn1-c1ncnc2nc[nH]c12. The average molecular weight is 280 g/mol. The van der Waals surface area contributed by atoms with E-state index in [2.05, 4.69) is 41.0 Å². The van der Waals surface area contributed by atoms with Gasteiger partial charge in [-0.1, -0.05) is 0 Å². The van der Waals surface area contributed by atoms with Gasteiger partial charge >= 0.3 is 0 Å². The number of H-pyrrole nitrogens is 1. The standard InChI is InChI=1S/C8H6BrN7/c9-4-1-15-16(6(4)10)8-5-7(12-2-11-5)13-3-14-8/h1-3H,10H2,(H,11,12,13,14). The topological polar surface area (TPSA) is 98.3 Å². The van der Waals surface area contributed by atoms with Gasteiger partial charge in [-0.05, 0) is 15.9 Å². The monoisotopic (exact) mass is 279 g/mol. The number of halogens is 1. The fourth-order valence-corrected chi connectivity index (χ4v) is 1.68. The van der Waals surface area contributed by atoms with Crippen LogP contribution >= 0.6 is 15.9 Å². The fourth-order valence-electron chi connectivity index (χ4n) is 1.42. The molecule has 0 radical (unpaired) electrons. The number of nitrogens with one attached hydrogen (secondary N) is 1. The molecule has 0 atom stereocenters. The molecule has 0 spiro atoms. The van der Waals surface area contributed by atoms with Crippen LogP contribution in [0.25, 0.3) is 17.0 Å². The molecule has 0 aliphatic heterocycles. The molecule has 0 saturated carbocycles. The summed E-state index contributed by atoms with van der Waals surface area (Å²) >= 11 is 3.29. The normalized spacial score (nSPS) is 11.1. The lowest BCUT2D eigenvalue weighted by Crippen LogP contribution is -2.05. The molecule has 80 valence electrons. The quantitative estimate of drug-likeness (QED) is 0.689. The van der Waals surface area contributed by atoms with Gasteiger partial charge in [-0.3, -0.25) is 0 Å². The smallest absolute Gasteiger partial charge is 0.184 e. The van der Waals surface area contributed by atoms with E-state index in [1.165, 1.54) is 11.0 Å². The molecule has 3 rings (SSSR count). The Hall–Kier alpha value is -1.96. The molecule has 7 nitrogen and oxygen atoms in total. The number of nitrogens with zero attached hydrogens (tertiary/aromatic N) is 5. The second kappa shape index (κ2) is 3.27. The fraction of sp³-hybridized carbons (Fsp3) is 0. The summed E-state index contributed by atoms with van der Waals surface area (Å²) in [7, 11) is 0. The van der Waals surface area contributed by atoms with Crippen LogP contribution in [-0.4, -0.2) is 29.7 Å². The first-order valence-electron chi connectivity index (χ1n) is 4.41. The van der Waals surface area contributed by atoms with Crippen molar-refractivity contribution in [2.45, 2.75) is 0 Å². The number of aromatic nitrogens is 6. The van der Waals surface area contributed by atoms with E-state index in [0.29, 0.717) is 22.8 Å². The maximum absolute atomic E-state index is 5.85. The zero-order chi connectivity index (χ0) is 11.1. The molecule has 16 heavy (non-hydrogen) atoms. The number of hydrogen-bond acceptors (Lipinski definition) is 5. The highest BCUT2D eigenvalue weighted by Gasteiger charge is 2.12. The minimum Gasteiger partial charge on any atom is -0.383 e. The second-order valence-electron chi connectivity index (χ2n) is 3.09. The van der Waals surface area contributed by atoms with Crippen molar-refractivity contribution >= 4 is 32.9 Å². The van der Waals surface area contributed by atoms with Crippen molar-refractivity contribution in [2.75, 3.05) is 5.73 Å². The summed E-state index contributed by atoms with van der Waals surface area (Å²) in [6.45, 7) is 0. The highest BCUT2D eigenvalue weighted by molar-refractivity contribution is 9.10. The lowest BCUT2D eigenvalue weighted by atomic mass is 10.5. The summed E-state index contributed by atoms with van der Waals surface area (Å²) in [5.41, 5.74) is 7.13. The van der Waals surface area contributed by atoms with Crippen LogP contribution in [0, 0.1) is 0 Å². The molecule has 0 aliphatic carbocycles. The van der Waals surface area contributed by atoms with Gasteiger partial charge < -0.3 is 10.7 Å². The molecule has 3 N–H and O–H groups in total. The van der Waals surface area contributed by atoms with Crippen LogP contribution in [0.1, 0.15) is 0 Å². The molecule has 0 bridgehead atoms. The first-order valence-corrected chi connectivity index (χ1v) is 5.20. The zero-order valence-corrected chi connectivity index (χ0v) is 9.51. The van der Waals surface area contributed by atoms with Crippen molar-refractivity contribution in [3.8, 4) is 5.82 Å². The summed E-state index contributed by atoms with van der Waals surface area (Å²) < 4.78 is 2.24. The molecule has 0 aromatic carbocycles. The van der Waals surface area contributed by atoms with Gasteiger partial charge in [-0.25, -0.2) is 15.0 Å². The number of imidazole rings is 1. The van der Waals surface area contributed by atoms with Gasteiger partial charge in [0, 0.05) is 0 Å². The predicted molar refractivity (Wildman–Crippen MR) is 60.9 cm³/mol. The van der Waals surface area contributed by atoms with Gasteiger partial charge in [0.1, 0.15) is 17.7 Å². The summed E-state index contributed by atoms with van der Waals surface area (Å²) in [5, 5.41) is 4.12. The van der Waals surface area contributed by atoms with Crippen LogP contribution in [-0.2, 0) is 0 Å². The number of nitrogens with two attached hydrogens (primary N) is 1. The Morgan fingerprint density at radius 3 is 2.94 bits per heavy atom. The lowest BCUT2D eigenvalue weighted by Gasteiger charge is -2.02.